The predicted octanol–water partition coefficient (Wildman–Crippen LogP) is 0.993. The van der Waals surface area contributed by atoms with Crippen LogP contribution in [0.15, 0.2) is 29.2 Å². The number of carbonyl (C=O) groups is 1. The van der Waals surface area contributed by atoms with Gasteiger partial charge in [-0.1, -0.05) is 6.07 Å². The lowest BCUT2D eigenvalue weighted by Crippen LogP contribution is -2.48. The van der Waals surface area contributed by atoms with Crippen molar-refractivity contribution >= 4 is 11.7 Å². The van der Waals surface area contributed by atoms with Crippen LogP contribution in [-0.2, 0) is 6.54 Å². The standard InChI is InChI=1S/C18H23N5O2/c1-13-4-2-8-23-16(24)10-14(20-17(13)23)11-21-7-3-5-15(12-21)22-9-6-19-18(22)25/h2,4,8,10,15H,3,5-7,9,11-12H2,1H3,(H,19,25)/t15-/m0/s1. The first-order valence-corrected chi connectivity index (χ1v) is 8.86. The van der Waals surface area contributed by atoms with E-state index in [1.807, 2.05) is 24.0 Å². The molecule has 1 N–H and O–H groups in total. The Balaban J connectivity index is 1.53. The summed E-state index contributed by atoms with van der Waals surface area (Å²) in [6, 6.07) is 5.75. The van der Waals surface area contributed by atoms with E-state index in [2.05, 4.69) is 10.2 Å². The fourth-order valence-corrected chi connectivity index (χ4v) is 3.88. The molecule has 2 amide bonds. The summed E-state index contributed by atoms with van der Waals surface area (Å²) in [7, 11) is 0. The van der Waals surface area contributed by atoms with Gasteiger partial charge in [-0.2, -0.15) is 0 Å². The van der Waals surface area contributed by atoms with Crippen LogP contribution in [0.2, 0.25) is 0 Å². The molecule has 2 aromatic rings. The molecule has 0 spiro atoms. The Bertz CT molecular complexity index is 862. The van der Waals surface area contributed by atoms with Crippen LogP contribution in [-0.4, -0.2) is 57.4 Å². The number of urea groups is 1. The van der Waals surface area contributed by atoms with Crippen molar-refractivity contribution in [3.8, 4) is 0 Å². The van der Waals surface area contributed by atoms with Crippen LogP contribution in [0, 0.1) is 6.92 Å². The van der Waals surface area contributed by atoms with Gasteiger partial charge in [0.05, 0.1) is 5.69 Å². The van der Waals surface area contributed by atoms with E-state index in [0.717, 1.165) is 55.9 Å². The first-order chi connectivity index (χ1) is 12.1. The van der Waals surface area contributed by atoms with Gasteiger partial charge in [0.15, 0.2) is 0 Å². The van der Waals surface area contributed by atoms with Gasteiger partial charge in [0.2, 0.25) is 0 Å². The van der Waals surface area contributed by atoms with Gasteiger partial charge in [0, 0.05) is 44.5 Å². The van der Waals surface area contributed by atoms with Gasteiger partial charge in [0.25, 0.3) is 5.56 Å². The number of amides is 2. The lowest BCUT2D eigenvalue weighted by atomic mass is 10.0. The van der Waals surface area contributed by atoms with Crippen molar-refractivity contribution in [3.63, 3.8) is 0 Å². The minimum absolute atomic E-state index is 0.0452. The number of pyridine rings is 1. The van der Waals surface area contributed by atoms with Crippen LogP contribution in [0.1, 0.15) is 24.1 Å². The highest BCUT2D eigenvalue weighted by atomic mass is 16.2. The van der Waals surface area contributed by atoms with Crippen molar-refractivity contribution < 1.29 is 4.79 Å². The first-order valence-electron chi connectivity index (χ1n) is 8.86. The molecule has 0 radical (unpaired) electrons. The summed E-state index contributed by atoms with van der Waals surface area (Å²) in [6.45, 7) is 5.94. The third-order valence-corrected chi connectivity index (χ3v) is 5.14. The maximum atomic E-state index is 12.4. The second kappa shape index (κ2) is 6.48. The van der Waals surface area contributed by atoms with Crippen molar-refractivity contribution in [2.45, 2.75) is 32.4 Å². The van der Waals surface area contributed by atoms with E-state index in [9.17, 15) is 9.59 Å². The number of likely N-dealkylation sites (tertiary alicyclic amines) is 1. The number of piperidine rings is 1. The Hall–Kier alpha value is -2.41. The molecule has 0 aromatic carbocycles. The van der Waals surface area contributed by atoms with E-state index in [-0.39, 0.29) is 17.6 Å². The maximum Gasteiger partial charge on any atom is 0.317 e. The van der Waals surface area contributed by atoms with Gasteiger partial charge in [-0.05, 0) is 37.9 Å². The molecule has 2 saturated heterocycles. The van der Waals surface area contributed by atoms with Gasteiger partial charge in [-0.25, -0.2) is 9.78 Å². The number of nitrogens with one attached hydrogen (secondary N) is 1. The van der Waals surface area contributed by atoms with Crippen molar-refractivity contribution in [1.29, 1.82) is 0 Å². The monoisotopic (exact) mass is 341 g/mol. The largest absolute Gasteiger partial charge is 0.336 e. The summed E-state index contributed by atoms with van der Waals surface area (Å²) < 4.78 is 1.59. The van der Waals surface area contributed by atoms with Crippen LogP contribution in [0.25, 0.3) is 5.65 Å². The molecule has 25 heavy (non-hydrogen) atoms. The Morgan fingerprint density at radius 3 is 3.00 bits per heavy atom. The first kappa shape index (κ1) is 16.1. The third-order valence-electron chi connectivity index (χ3n) is 5.14. The predicted molar refractivity (Wildman–Crippen MR) is 94.6 cm³/mol. The van der Waals surface area contributed by atoms with Gasteiger partial charge >= 0.3 is 6.03 Å². The normalized spacial score (nSPS) is 21.7. The maximum absolute atomic E-state index is 12.4. The highest BCUT2D eigenvalue weighted by Crippen LogP contribution is 2.19. The summed E-state index contributed by atoms with van der Waals surface area (Å²) >= 11 is 0. The van der Waals surface area contributed by atoms with Crippen molar-refractivity contribution in [3.05, 3.63) is 46.0 Å². The Kier molecular flexibility index (Phi) is 4.17. The van der Waals surface area contributed by atoms with Crippen LogP contribution in [0.3, 0.4) is 0 Å². The molecule has 4 rings (SSSR count). The number of fused-ring (bicyclic) bond motifs is 1. The van der Waals surface area contributed by atoms with Crippen LogP contribution >= 0.6 is 0 Å². The number of rotatable bonds is 3. The number of nitrogens with zero attached hydrogens (tertiary/aromatic N) is 4. The zero-order valence-electron chi connectivity index (χ0n) is 14.4. The summed E-state index contributed by atoms with van der Waals surface area (Å²) in [5, 5.41) is 2.88. The zero-order chi connectivity index (χ0) is 17.4. The molecule has 2 fully saturated rings. The molecule has 7 heteroatoms. The molecule has 0 aliphatic carbocycles. The number of carbonyl (C=O) groups excluding carboxylic acids is 1. The molecular formula is C18H23N5O2. The molecule has 2 aromatic heterocycles. The molecular weight excluding hydrogens is 318 g/mol. The molecule has 2 aliphatic rings. The van der Waals surface area contributed by atoms with E-state index in [0.29, 0.717) is 6.54 Å². The van der Waals surface area contributed by atoms with Gasteiger partial charge in [0.1, 0.15) is 5.65 Å². The van der Waals surface area contributed by atoms with E-state index >= 15 is 0 Å². The summed E-state index contributed by atoms with van der Waals surface area (Å²) in [6.07, 6.45) is 3.85. The fourth-order valence-electron chi connectivity index (χ4n) is 3.88. The molecule has 7 nitrogen and oxygen atoms in total. The smallest absolute Gasteiger partial charge is 0.317 e. The molecule has 132 valence electrons. The average Bonchev–Trinajstić information content (AvgIpc) is 3.02. The number of hydrogen-bond donors (Lipinski definition) is 1. The number of hydrogen-bond acceptors (Lipinski definition) is 4. The SMILES string of the molecule is Cc1cccn2c(=O)cc(CN3CCC[C@H](N4CCNC4=O)C3)nc12. The Morgan fingerprint density at radius 1 is 1.32 bits per heavy atom. The average molecular weight is 341 g/mol. The minimum atomic E-state index is -0.0452. The van der Waals surface area contributed by atoms with Crippen molar-refractivity contribution in [1.82, 2.24) is 24.5 Å². The van der Waals surface area contributed by atoms with E-state index in [1.54, 1.807) is 16.7 Å². The van der Waals surface area contributed by atoms with Gasteiger partial charge < -0.3 is 10.2 Å². The minimum Gasteiger partial charge on any atom is -0.336 e. The molecule has 0 bridgehead atoms. The molecule has 0 unspecified atom stereocenters. The molecule has 1 atom stereocenters. The lowest BCUT2D eigenvalue weighted by Gasteiger charge is -2.36. The molecule has 2 aliphatic heterocycles. The molecule has 0 saturated carbocycles. The topological polar surface area (TPSA) is 70.0 Å². The van der Waals surface area contributed by atoms with E-state index in [1.165, 1.54) is 0 Å². The zero-order valence-corrected chi connectivity index (χ0v) is 14.4. The van der Waals surface area contributed by atoms with E-state index < -0.39 is 0 Å². The van der Waals surface area contributed by atoms with Crippen LogP contribution < -0.4 is 10.9 Å². The van der Waals surface area contributed by atoms with E-state index in [4.69, 9.17) is 4.98 Å². The molecule has 4 heterocycles. The number of aryl methyl sites for hydroxylation is 1. The second-order valence-corrected chi connectivity index (χ2v) is 6.93. The lowest BCUT2D eigenvalue weighted by molar-refractivity contribution is 0.121. The van der Waals surface area contributed by atoms with Crippen LogP contribution in [0.5, 0.6) is 0 Å². The highest BCUT2D eigenvalue weighted by Gasteiger charge is 2.31. The fraction of sp³-hybridized carbons (Fsp3) is 0.500. The highest BCUT2D eigenvalue weighted by molar-refractivity contribution is 5.76. The number of aromatic nitrogens is 2. The third kappa shape index (κ3) is 3.11. The second-order valence-electron chi connectivity index (χ2n) is 6.93. The Morgan fingerprint density at radius 2 is 2.20 bits per heavy atom. The quantitative estimate of drug-likeness (QED) is 0.904. The summed E-state index contributed by atoms with van der Waals surface area (Å²) in [5.41, 5.74) is 2.46. The van der Waals surface area contributed by atoms with Gasteiger partial charge in [-0.15, -0.1) is 0 Å². The van der Waals surface area contributed by atoms with Crippen LogP contribution in [0.4, 0.5) is 4.79 Å². The van der Waals surface area contributed by atoms with Gasteiger partial charge in [-0.3, -0.25) is 14.1 Å². The summed E-state index contributed by atoms with van der Waals surface area (Å²) in [4.78, 5) is 33.2. The Labute approximate surface area is 146 Å². The van der Waals surface area contributed by atoms with Crippen molar-refractivity contribution in [2.24, 2.45) is 0 Å². The van der Waals surface area contributed by atoms with Crippen molar-refractivity contribution in [2.75, 3.05) is 26.2 Å². The summed E-state index contributed by atoms with van der Waals surface area (Å²) in [5.74, 6) is 0.